The highest BCUT2D eigenvalue weighted by molar-refractivity contribution is 6.11. The molecule has 0 saturated carbocycles. The van der Waals surface area contributed by atoms with Gasteiger partial charge in [-0.15, -0.1) is 0 Å². The first-order valence-electron chi connectivity index (χ1n) is 19.0. The van der Waals surface area contributed by atoms with Crippen molar-refractivity contribution >= 4 is 71.6 Å². The van der Waals surface area contributed by atoms with E-state index in [0.29, 0.717) is 24.3 Å². The minimum atomic E-state index is -1.66. The van der Waals surface area contributed by atoms with Crippen LogP contribution in [0.15, 0.2) is 72.9 Å². The second kappa shape index (κ2) is 27.4. The fourth-order valence-electron chi connectivity index (χ4n) is 4.46. The molecule has 68 heavy (non-hydrogen) atoms. The first-order valence-corrected chi connectivity index (χ1v) is 19.0. The summed E-state index contributed by atoms with van der Waals surface area (Å²) in [5, 5.41) is 37.6. The zero-order chi connectivity index (χ0) is 52.0. The van der Waals surface area contributed by atoms with Crippen molar-refractivity contribution in [3.63, 3.8) is 0 Å². The van der Waals surface area contributed by atoms with Gasteiger partial charge in [0.1, 0.15) is 52.9 Å². The quantitative estimate of drug-likeness (QED) is 0.0507. The molecule has 0 amide bonds. The van der Waals surface area contributed by atoms with Gasteiger partial charge in [-0.25, -0.2) is 57.5 Å². The first-order chi connectivity index (χ1) is 31.7. The van der Waals surface area contributed by atoms with Gasteiger partial charge in [-0.2, -0.15) is 0 Å². The first kappa shape index (κ1) is 57.1. The van der Waals surface area contributed by atoms with Crippen molar-refractivity contribution in [3.05, 3.63) is 117 Å². The molecule has 0 unspecified atom stereocenters. The number of benzene rings is 2. The third-order valence-corrected chi connectivity index (χ3v) is 7.71. The highest BCUT2D eigenvalue weighted by Crippen LogP contribution is 2.22. The van der Waals surface area contributed by atoms with E-state index in [1.807, 2.05) is 0 Å². The summed E-state index contributed by atoms with van der Waals surface area (Å²) < 4.78 is 38.3. The Bertz CT molecular complexity index is 2270. The maximum atomic E-state index is 12.4. The maximum Gasteiger partial charge on any atom is 0.339 e. The molecule has 0 aliphatic heterocycles. The molecule has 0 atom stereocenters. The van der Waals surface area contributed by atoms with E-state index in [9.17, 15) is 78.0 Å². The molecule has 364 valence electrons. The number of aromatic carboxylic acids is 4. The normalized spacial score (nSPS) is 9.94. The van der Waals surface area contributed by atoms with E-state index in [0.717, 1.165) is 0 Å². The number of carbonyl (C=O) groups is 12. The summed E-state index contributed by atoms with van der Waals surface area (Å²) in [6.45, 7) is 15.9. The highest BCUT2D eigenvalue weighted by atomic mass is 16.6. The molecule has 0 aliphatic carbocycles. The molecular formula is C44H44O24. The van der Waals surface area contributed by atoms with Crippen LogP contribution >= 0.6 is 0 Å². The largest absolute Gasteiger partial charge is 0.478 e. The summed E-state index contributed by atoms with van der Waals surface area (Å²) in [7, 11) is 0. The smallest absolute Gasteiger partial charge is 0.339 e. The van der Waals surface area contributed by atoms with Crippen molar-refractivity contribution in [3.8, 4) is 0 Å². The summed E-state index contributed by atoms with van der Waals surface area (Å²) in [6.07, 6.45) is 0. The van der Waals surface area contributed by atoms with Gasteiger partial charge in [0.2, 0.25) is 0 Å². The number of hydrogen-bond acceptors (Lipinski definition) is 20. The lowest BCUT2D eigenvalue weighted by atomic mass is 9.98. The Hall–Kier alpha value is -8.96. The van der Waals surface area contributed by atoms with Gasteiger partial charge in [0.15, 0.2) is 0 Å². The van der Waals surface area contributed by atoms with Gasteiger partial charge in [0.25, 0.3) is 0 Å². The Morgan fingerprint density at radius 3 is 0.618 bits per heavy atom. The molecule has 24 nitrogen and oxygen atoms in total. The van der Waals surface area contributed by atoms with E-state index < -0.39 is 143 Å². The van der Waals surface area contributed by atoms with Crippen LogP contribution < -0.4 is 0 Å². The molecule has 24 heteroatoms. The van der Waals surface area contributed by atoms with Crippen LogP contribution in [-0.2, 0) is 57.1 Å². The molecule has 4 N–H and O–H groups in total. The van der Waals surface area contributed by atoms with Gasteiger partial charge in [-0.05, 0) is 52.0 Å². The Kier molecular flexibility index (Phi) is 23.0. The van der Waals surface area contributed by atoms with Crippen molar-refractivity contribution in [2.45, 2.75) is 27.7 Å². The SMILES string of the molecule is C=C(C)C(=O)OCCOC(=O)c1cc(C(=O)O)c(C(=O)OCCOC(=O)C(=C)C)cc1C(=O)O.C=C(C)C(=O)OCCOC(=O)c1cc(C(=O)OCCOC(=O)C(=C)C)c(C(=O)O)cc1C(=O)O. The molecule has 0 radical (unpaired) electrons. The van der Waals surface area contributed by atoms with Crippen LogP contribution in [-0.4, -0.2) is 145 Å². The molecule has 0 fully saturated rings. The predicted molar refractivity (Wildman–Crippen MR) is 225 cm³/mol. The summed E-state index contributed by atoms with van der Waals surface area (Å²) >= 11 is 0. The highest BCUT2D eigenvalue weighted by Gasteiger charge is 2.29. The van der Waals surface area contributed by atoms with Crippen molar-refractivity contribution in [2.24, 2.45) is 0 Å². The average Bonchev–Trinajstić information content (AvgIpc) is 3.27. The Morgan fingerprint density at radius 1 is 0.309 bits per heavy atom. The number of esters is 8. The van der Waals surface area contributed by atoms with E-state index in [4.69, 9.17) is 37.9 Å². The molecule has 2 rings (SSSR count). The number of carbonyl (C=O) groups excluding carboxylic acids is 8. The van der Waals surface area contributed by atoms with Crippen LogP contribution in [0.5, 0.6) is 0 Å². The zero-order valence-electron chi connectivity index (χ0n) is 36.7. The molecule has 0 aliphatic rings. The lowest BCUT2D eigenvalue weighted by Crippen LogP contribution is -2.21. The van der Waals surface area contributed by atoms with E-state index in [2.05, 4.69) is 26.3 Å². The molecular weight excluding hydrogens is 912 g/mol. The molecule has 0 aromatic heterocycles. The molecule has 2 aromatic carbocycles. The van der Waals surface area contributed by atoms with E-state index in [1.54, 1.807) is 0 Å². The topological polar surface area (TPSA) is 360 Å². The van der Waals surface area contributed by atoms with Crippen molar-refractivity contribution in [1.29, 1.82) is 0 Å². The van der Waals surface area contributed by atoms with Gasteiger partial charge >= 0.3 is 71.6 Å². The number of hydrogen-bond donors (Lipinski definition) is 4. The molecule has 0 saturated heterocycles. The third-order valence-electron chi connectivity index (χ3n) is 7.71. The molecule has 2 aromatic rings. The number of carboxylic acids is 4. The second-order valence-corrected chi connectivity index (χ2v) is 13.3. The Morgan fingerprint density at radius 2 is 0.456 bits per heavy atom. The maximum absolute atomic E-state index is 12.4. The van der Waals surface area contributed by atoms with Crippen molar-refractivity contribution in [2.75, 3.05) is 52.9 Å². The summed E-state index contributed by atoms with van der Waals surface area (Å²) in [6, 6.07) is 2.63. The average molecular weight is 957 g/mol. The summed E-state index contributed by atoms with van der Waals surface area (Å²) in [5.74, 6) is -14.4. The standard InChI is InChI=1S/2C22H22O12/c1-11(2)19(27)31-5-7-33-21(29)15-9-14(18(25)26)16(10-13(15)17(23)24)22(30)34-8-6-32-20(28)12(3)4;1-11(2)19(27)31-5-7-33-21(29)15-10-16(14(18(25)26)9-13(15)17(23)24)22(30)34-8-6-32-20(28)12(3)4/h2*9-10H,1,3,5-8H2,2,4H3,(H,23,24)(H,25,26). The van der Waals surface area contributed by atoms with Gasteiger partial charge < -0.3 is 58.3 Å². The lowest BCUT2D eigenvalue weighted by molar-refractivity contribution is -0.140. The molecule has 0 bridgehead atoms. The van der Waals surface area contributed by atoms with Crippen LogP contribution in [0, 0.1) is 0 Å². The van der Waals surface area contributed by atoms with Crippen LogP contribution in [0.3, 0.4) is 0 Å². The Labute approximate surface area is 384 Å². The van der Waals surface area contributed by atoms with Crippen LogP contribution in [0.4, 0.5) is 0 Å². The predicted octanol–water partition coefficient (Wildman–Crippen LogP) is 3.27. The van der Waals surface area contributed by atoms with E-state index in [-0.39, 0.29) is 48.7 Å². The number of ether oxygens (including phenoxy) is 8. The van der Waals surface area contributed by atoms with Crippen LogP contribution in [0.25, 0.3) is 0 Å². The third kappa shape index (κ3) is 18.3. The van der Waals surface area contributed by atoms with Crippen LogP contribution in [0.1, 0.15) is 111 Å². The summed E-state index contributed by atoms with van der Waals surface area (Å²) in [4.78, 5) is 141. The van der Waals surface area contributed by atoms with Gasteiger partial charge in [-0.3, -0.25) is 0 Å². The molecule has 0 heterocycles. The van der Waals surface area contributed by atoms with Gasteiger partial charge in [0.05, 0.1) is 44.5 Å². The zero-order valence-corrected chi connectivity index (χ0v) is 36.7. The minimum Gasteiger partial charge on any atom is -0.478 e. The minimum absolute atomic E-state index is 0.112. The fourth-order valence-corrected chi connectivity index (χ4v) is 4.46. The van der Waals surface area contributed by atoms with Crippen molar-refractivity contribution in [1.82, 2.24) is 0 Å². The van der Waals surface area contributed by atoms with Crippen LogP contribution in [0.2, 0.25) is 0 Å². The molecule has 0 spiro atoms. The monoisotopic (exact) mass is 956 g/mol. The number of rotatable bonds is 24. The second-order valence-electron chi connectivity index (χ2n) is 13.3. The fraction of sp³-hybridized carbons (Fsp3) is 0.273. The summed E-state index contributed by atoms with van der Waals surface area (Å²) in [5.41, 5.74) is -5.06. The lowest BCUT2D eigenvalue weighted by Gasteiger charge is -2.12. The van der Waals surface area contributed by atoms with E-state index in [1.165, 1.54) is 27.7 Å². The van der Waals surface area contributed by atoms with Crippen molar-refractivity contribution < 1.29 is 116 Å². The Balaban J connectivity index is 0.000000680. The van der Waals surface area contributed by atoms with E-state index >= 15 is 0 Å². The number of carboxylic acid groups (broad SMARTS) is 4. The van der Waals surface area contributed by atoms with Gasteiger partial charge in [-0.1, -0.05) is 26.3 Å². The van der Waals surface area contributed by atoms with Gasteiger partial charge in [0, 0.05) is 22.3 Å².